The number of halogens is 1. The molecule has 0 radical (unpaired) electrons. The minimum atomic E-state index is -3.63. The van der Waals surface area contributed by atoms with Crippen LogP contribution in [0.15, 0.2) is 41.3 Å². The molecule has 2 aromatic carbocycles. The zero-order valence-corrected chi connectivity index (χ0v) is 19.3. The van der Waals surface area contributed by atoms with E-state index in [0.29, 0.717) is 42.3 Å². The Bertz CT molecular complexity index is 1080. The molecule has 0 aliphatic carbocycles. The Morgan fingerprint density at radius 2 is 1.77 bits per heavy atom. The molecule has 0 spiro atoms. The van der Waals surface area contributed by atoms with Crippen molar-refractivity contribution in [3.8, 4) is 6.07 Å². The number of hydrogen-bond donors (Lipinski definition) is 3. The van der Waals surface area contributed by atoms with Gasteiger partial charge in [-0.2, -0.15) is 9.57 Å². The number of amides is 1. The molecular weight excluding hydrogens is 438 g/mol. The van der Waals surface area contributed by atoms with Gasteiger partial charge in [0.25, 0.3) is 0 Å². The summed E-state index contributed by atoms with van der Waals surface area (Å²) in [6.07, 6.45) is 0. The smallest absolute Gasteiger partial charge is 0.243 e. The van der Waals surface area contributed by atoms with Gasteiger partial charge < -0.3 is 16.0 Å². The Morgan fingerprint density at radius 3 is 2.35 bits per heavy atom. The molecule has 0 bridgehead atoms. The lowest BCUT2D eigenvalue weighted by atomic mass is 10.2. The largest absolute Gasteiger partial charge is 0.384 e. The summed E-state index contributed by atoms with van der Waals surface area (Å²) in [6, 6.07) is 11.3. The summed E-state index contributed by atoms with van der Waals surface area (Å²) in [7, 11) is -3.63. The second-order valence-electron chi connectivity index (χ2n) is 6.54. The van der Waals surface area contributed by atoms with E-state index in [-0.39, 0.29) is 22.4 Å². The predicted molar refractivity (Wildman–Crippen MR) is 124 cm³/mol. The third-order valence-corrected chi connectivity index (χ3v) is 6.87. The van der Waals surface area contributed by atoms with Crippen molar-refractivity contribution in [2.45, 2.75) is 25.7 Å². The lowest BCUT2D eigenvalue weighted by molar-refractivity contribution is -0.114. The molecular formula is C21H26ClN5O3S. The molecule has 10 heteroatoms. The molecule has 0 aliphatic heterocycles. The van der Waals surface area contributed by atoms with Crippen molar-refractivity contribution in [2.75, 3.05) is 42.1 Å². The Labute approximate surface area is 188 Å². The number of nitrogens with one attached hydrogen (secondary N) is 3. The first-order chi connectivity index (χ1) is 14.8. The Morgan fingerprint density at radius 1 is 1.06 bits per heavy atom. The number of rotatable bonds is 10. The highest BCUT2D eigenvalue weighted by Gasteiger charge is 2.22. The van der Waals surface area contributed by atoms with Crippen LogP contribution < -0.4 is 16.0 Å². The molecule has 0 aliphatic rings. The fourth-order valence-electron chi connectivity index (χ4n) is 2.95. The first-order valence-electron chi connectivity index (χ1n) is 9.88. The van der Waals surface area contributed by atoms with Crippen molar-refractivity contribution in [1.29, 1.82) is 5.26 Å². The molecule has 0 fully saturated rings. The van der Waals surface area contributed by atoms with E-state index in [4.69, 9.17) is 16.9 Å². The van der Waals surface area contributed by atoms with E-state index in [0.717, 1.165) is 0 Å². The van der Waals surface area contributed by atoms with E-state index in [1.54, 1.807) is 32.0 Å². The summed E-state index contributed by atoms with van der Waals surface area (Å²) >= 11 is 5.99. The second-order valence-corrected chi connectivity index (χ2v) is 8.88. The highest BCUT2D eigenvalue weighted by Crippen LogP contribution is 2.27. The van der Waals surface area contributed by atoms with Gasteiger partial charge in [-0.05, 0) is 43.3 Å². The highest BCUT2D eigenvalue weighted by molar-refractivity contribution is 7.89. The van der Waals surface area contributed by atoms with Crippen molar-refractivity contribution in [3.63, 3.8) is 0 Å². The third kappa shape index (κ3) is 6.10. The van der Waals surface area contributed by atoms with Crippen LogP contribution in [-0.4, -0.2) is 44.8 Å². The van der Waals surface area contributed by atoms with Crippen LogP contribution in [0.25, 0.3) is 0 Å². The summed E-state index contributed by atoms with van der Waals surface area (Å²) < 4.78 is 27.1. The molecule has 0 heterocycles. The minimum Gasteiger partial charge on any atom is -0.384 e. The third-order valence-electron chi connectivity index (χ3n) is 4.51. The van der Waals surface area contributed by atoms with Crippen molar-refractivity contribution < 1.29 is 13.2 Å². The van der Waals surface area contributed by atoms with Gasteiger partial charge in [0.1, 0.15) is 6.07 Å². The standard InChI is InChI=1S/C21H26ClN5O3S/c1-4-24-19-10-9-17(31(29,30)27(5-2)6-3)12-20(19)25-14-21(28)26-16-8-7-15(13-23)18(22)11-16/h7-12,24-25H,4-6,14H2,1-3H3,(H,26,28). The fraction of sp³-hybridized carbons (Fsp3) is 0.333. The van der Waals surface area contributed by atoms with Gasteiger partial charge in [0.15, 0.2) is 0 Å². The Hall–Kier alpha value is -2.80. The van der Waals surface area contributed by atoms with Crippen LogP contribution in [0.1, 0.15) is 26.3 Å². The maximum absolute atomic E-state index is 12.8. The maximum atomic E-state index is 12.8. The number of sulfonamides is 1. The number of nitrogens with zero attached hydrogens (tertiary/aromatic N) is 2. The van der Waals surface area contributed by atoms with E-state index in [1.807, 2.05) is 13.0 Å². The average Bonchev–Trinajstić information content (AvgIpc) is 2.74. The first-order valence-corrected chi connectivity index (χ1v) is 11.7. The summed E-state index contributed by atoms with van der Waals surface area (Å²) in [4.78, 5) is 12.5. The lowest BCUT2D eigenvalue weighted by Crippen LogP contribution is -2.30. The molecule has 0 saturated carbocycles. The monoisotopic (exact) mass is 463 g/mol. The van der Waals surface area contributed by atoms with Gasteiger partial charge >= 0.3 is 0 Å². The van der Waals surface area contributed by atoms with Gasteiger partial charge in [-0.15, -0.1) is 0 Å². The minimum absolute atomic E-state index is 0.0925. The van der Waals surface area contributed by atoms with Crippen LogP contribution in [-0.2, 0) is 14.8 Å². The topological polar surface area (TPSA) is 114 Å². The number of benzene rings is 2. The molecule has 0 unspecified atom stereocenters. The second kappa shape index (κ2) is 11.0. The predicted octanol–water partition coefficient (Wildman–Crippen LogP) is 3.72. The first kappa shape index (κ1) is 24.5. The van der Waals surface area contributed by atoms with Crippen molar-refractivity contribution in [2.24, 2.45) is 0 Å². The van der Waals surface area contributed by atoms with Crippen LogP contribution in [0, 0.1) is 11.3 Å². The van der Waals surface area contributed by atoms with Gasteiger partial charge in [-0.1, -0.05) is 25.4 Å². The summed E-state index contributed by atoms with van der Waals surface area (Å²) in [5, 5.41) is 18.0. The SMILES string of the molecule is CCNc1ccc(S(=O)(=O)N(CC)CC)cc1NCC(=O)Nc1ccc(C#N)c(Cl)c1. The van der Waals surface area contributed by atoms with Gasteiger partial charge in [0.2, 0.25) is 15.9 Å². The molecule has 0 aromatic heterocycles. The number of hydrogen-bond acceptors (Lipinski definition) is 6. The zero-order valence-electron chi connectivity index (χ0n) is 17.7. The number of carbonyl (C=O) groups excluding carboxylic acids is 1. The summed E-state index contributed by atoms with van der Waals surface area (Å²) in [5.74, 6) is -0.347. The summed E-state index contributed by atoms with van der Waals surface area (Å²) in [6.45, 7) is 6.77. The molecule has 2 aromatic rings. The van der Waals surface area contributed by atoms with Gasteiger partial charge in [0.05, 0.1) is 33.4 Å². The molecule has 0 atom stereocenters. The van der Waals surface area contributed by atoms with Crippen molar-refractivity contribution in [3.05, 3.63) is 47.0 Å². The van der Waals surface area contributed by atoms with E-state index in [9.17, 15) is 13.2 Å². The quantitative estimate of drug-likeness (QED) is 0.494. The number of anilines is 3. The van der Waals surface area contributed by atoms with Gasteiger partial charge in [-0.25, -0.2) is 8.42 Å². The zero-order chi connectivity index (χ0) is 23.0. The van der Waals surface area contributed by atoms with E-state index in [1.165, 1.54) is 22.5 Å². The average molecular weight is 464 g/mol. The number of nitriles is 1. The van der Waals surface area contributed by atoms with Crippen LogP contribution in [0.2, 0.25) is 5.02 Å². The molecule has 1 amide bonds. The lowest BCUT2D eigenvalue weighted by Gasteiger charge is -2.20. The molecule has 2 rings (SSSR count). The van der Waals surface area contributed by atoms with E-state index in [2.05, 4.69) is 16.0 Å². The maximum Gasteiger partial charge on any atom is 0.243 e. The van der Waals surface area contributed by atoms with Crippen molar-refractivity contribution in [1.82, 2.24) is 4.31 Å². The fourth-order valence-corrected chi connectivity index (χ4v) is 4.66. The Kier molecular flexibility index (Phi) is 8.68. The van der Waals surface area contributed by atoms with Crippen molar-refractivity contribution >= 4 is 44.6 Å². The van der Waals surface area contributed by atoms with Gasteiger partial charge in [0, 0.05) is 25.3 Å². The summed E-state index contributed by atoms with van der Waals surface area (Å²) in [5.41, 5.74) is 1.97. The van der Waals surface area contributed by atoms with Gasteiger partial charge in [-0.3, -0.25) is 4.79 Å². The molecule has 0 saturated heterocycles. The van der Waals surface area contributed by atoms with Crippen LogP contribution in [0.5, 0.6) is 0 Å². The molecule has 166 valence electrons. The number of carbonyl (C=O) groups is 1. The van der Waals surface area contributed by atoms with E-state index < -0.39 is 10.0 Å². The van der Waals surface area contributed by atoms with Crippen LogP contribution >= 0.6 is 11.6 Å². The van der Waals surface area contributed by atoms with E-state index >= 15 is 0 Å². The Balaban J connectivity index is 2.19. The molecule has 31 heavy (non-hydrogen) atoms. The normalized spacial score (nSPS) is 11.1. The van der Waals surface area contributed by atoms with Crippen LogP contribution in [0.3, 0.4) is 0 Å². The van der Waals surface area contributed by atoms with Crippen LogP contribution in [0.4, 0.5) is 17.1 Å². The molecule has 3 N–H and O–H groups in total. The molecule has 8 nitrogen and oxygen atoms in total. The highest BCUT2D eigenvalue weighted by atomic mass is 35.5.